The molecule has 108 valence electrons. The fourth-order valence-electron chi connectivity index (χ4n) is 1.50. The Kier molecular flexibility index (Phi) is 4.94. The van der Waals surface area contributed by atoms with Gasteiger partial charge in [0.1, 0.15) is 5.75 Å². The lowest BCUT2D eigenvalue weighted by Gasteiger charge is -2.15. The summed E-state index contributed by atoms with van der Waals surface area (Å²) in [6.07, 6.45) is -6.90. The van der Waals surface area contributed by atoms with Crippen molar-refractivity contribution in [3.05, 3.63) is 29.3 Å². The summed E-state index contributed by atoms with van der Waals surface area (Å²) in [7, 11) is 0. The Morgan fingerprint density at radius 2 is 2.10 bits per heavy atom. The molecule has 0 aliphatic rings. The maximum absolute atomic E-state index is 12.3. The first kappa shape index (κ1) is 15.8. The first-order valence-corrected chi connectivity index (χ1v) is 5.41. The van der Waals surface area contributed by atoms with E-state index < -0.39 is 24.2 Å². The summed E-state index contributed by atoms with van der Waals surface area (Å²) in [6, 6.07) is 4.96. The van der Waals surface area contributed by atoms with Gasteiger partial charge in [-0.05, 0) is 23.6 Å². The molecule has 2 N–H and O–H groups in total. The Hall–Kier alpha value is -2.27. The molecule has 8 heteroatoms. The third-order valence-corrected chi connectivity index (χ3v) is 2.37. The van der Waals surface area contributed by atoms with Gasteiger partial charge in [0.25, 0.3) is 0 Å². The second-order valence-electron chi connectivity index (χ2n) is 3.81. The van der Waals surface area contributed by atoms with E-state index in [1.807, 2.05) is 0 Å². The summed E-state index contributed by atoms with van der Waals surface area (Å²) in [5.74, 6) is -2.21. The molecular weight excluding hydrogens is 279 g/mol. The van der Waals surface area contributed by atoms with E-state index in [4.69, 9.17) is 10.4 Å². The van der Waals surface area contributed by atoms with E-state index in [1.54, 1.807) is 6.07 Å². The average Bonchev–Trinajstić information content (AvgIpc) is 2.34. The maximum Gasteiger partial charge on any atom is 0.573 e. The van der Waals surface area contributed by atoms with Crippen molar-refractivity contribution < 1.29 is 32.9 Å². The van der Waals surface area contributed by atoms with Gasteiger partial charge in [-0.3, -0.25) is 0 Å². The molecule has 1 aromatic carbocycles. The number of carboxylic acid groups (broad SMARTS) is 1. The van der Waals surface area contributed by atoms with Crippen molar-refractivity contribution in [1.29, 1.82) is 5.26 Å². The minimum Gasteiger partial charge on any atom is -0.479 e. The highest BCUT2D eigenvalue weighted by Crippen LogP contribution is 2.30. The molecule has 0 radical (unpaired) electrons. The van der Waals surface area contributed by atoms with Crippen LogP contribution in [-0.4, -0.2) is 22.5 Å². The Bertz CT molecular complexity index is 536. The third kappa shape index (κ3) is 4.44. The van der Waals surface area contributed by atoms with Crippen LogP contribution in [0.4, 0.5) is 13.2 Å². The Labute approximate surface area is 111 Å². The van der Waals surface area contributed by atoms with Crippen LogP contribution in [0, 0.1) is 11.3 Å². The first-order valence-electron chi connectivity index (χ1n) is 5.41. The number of nitrogens with zero attached hydrogens (tertiary/aromatic N) is 1. The van der Waals surface area contributed by atoms with Crippen molar-refractivity contribution in [2.24, 2.45) is 0 Å². The standard InChI is InChI=1S/C12H10F3NO4/c13-12(14,15)20-9-6-8(10(17)11(18)19)4-3-7(9)2-1-5-16/h3-4,6,10,17H,1-2H2,(H,18,19). The highest BCUT2D eigenvalue weighted by molar-refractivity contribution is 5.74. The topological polar surface area (TPSA) is 90.5 Å². The van der Waals surface area contributed by atoms with E-state index in [2.05, 4.69) is 4.74 Å². The lowest BCUT2D eigenvalue weighted by Crippen LogP contribution is -2.19. The molecule has 5 nitrogen and oxygen atoms in total. The number of carboxylic acids is 1. The maximum atomic E-state index is 12.3. The number of rotatable bonds is 5. The number of alkyl halides is 3. The summed E-state index contributed by atoms with van der Waals surface area (Å²) in [5, 5.41) is 26.3. The number of aliphatic carboxylic acids is 1. The fraction of sp³-hybridized carbons (Fsp3) is 0.333. The quantitative estimate of drug-likeness (QED) is 0.866. The molecule has 0 aromatic heterocycles. The molecule has 1 rings (SSSR count). The lowest BCUT2D eigenvalue weighted by molar-refractivity contribution is -0.274. The number of hydrogen-bond donors (Lipinski definition) is 2. The van der Waals surface area contributed by atoms with Crippen molar-refractivity contribution in [3.8, 4) is 11.8 Å². The number of aryl methyl sites for hydroxylation is 1. The molecule has 0 saturated heterocycles. The molecule has 0 amide bonds. The number of aliphatic hydroxyl groups is 1. The molecule has 0 aliphatic heterocycles. The summed E-state index contributed by atoms with van der Waals surface area (Å²) >= 11 is 0. The highest BCUT2D eigenvalue weighted by Gasteiger charge is 2.32. The SMILES string of the molecule is N#CCCc1ccc(C(O)C(=O)O)cc1OC(F)(F)F. The van der Waals surface area contributed by atoms with Crippen LogP contribution in [-0.2, 0) is 11.2 Å². The number of halogens is 3. The minimum absolute atomic E-state index is 0.0188. The van der Waals surface area contributed by atoms with Crippen molar-refractivity contribution in [1.82, 2.24) is 0 Å². The number of hydrogen-bond acceptors (Lipinski definition) is 4. The van der Waals surface area contributed by atoms with E-state index >= 15 is 0 Å². The summed E-state index contributed by atoms with van der Waals surface area (Å²) < 4.78 is 40.6. The van der Waals surface area contributed by atoms with Crippen LogP contribution in [0.15, 0.2) is 18.2 Å². The van der Waals surface area contributed by atoms with Gasteiger partial charge in [-0.25, -0.2) is 4.79 Å². The zero-order valence-corrected chi connectivity index (χ0v) is 10.0. The van der Waals surface area contributed by atoms with Crippen molar-refractivity contribution in [3.63, 3.8) is 0 Å². The third-order valence-electron chi connectivity index (χ3n) is 2.37. The van der Waals surface area contributed by atoms with Crippen molar-refractivity contribution >= 4 is 5.97 Å². The second kappa shape index (κ2) is 6.25. The Balaban J connectivity index is 3.14. The van der Waals surface area contributed by atoms with Gasteiger partial charge >= 0.3 is 12.3 Å². The van der Waals surface area contributed by atoms with Crippen LogP contribution in [0.2, 0.25) is 0 Å². The molecule has 0 fully saturated rings. The second-order valence-corrected chi connectivity index (χ2v) is 3.81. The largest absolute Gasteiger partial charge is 0.573 e. The molecule has 0 saturated carbocycles. The van der Waals surface area contributed by atoms with Crippen LogP contribution >= 0.6 is 0 Å². The number of ether oxygens (including phenoxy) is 1. The van der Waals surface area contributed by atoms with Gasteiger partial charge in [0.2, 0.25) is 0 Å². The summed E-state index contributed by atoms with van der Waals surface area (Å²) in [5.41, 5.74) is -0.136. The molecule has 1 atom stereocenters. The van der Waals surface area contributed by atoms with Gasteiger partial charge in [0, 0.05) is 6.42 Å². The van der Waals surface area contributed by atoms with E-state index in [0.717, 1.165) is 6.07 Å². The lowest BCUT2D eigenvalue weighted by atomic mass is 10.0. The van der Waals surface area contributed by atoms with E-state index in [-0.39, 0.29) is 24.0 Å². The predicted molar refractivity (Wildman–Crippen MR) is 59.7 cm³/mol. The van der Waals surface area contributed by atoms with E-state index in [9.17, 15) is 23.1 Å². The molecule has 0 bridgehead atoms. The van der Waals surface area contributed by atoms with Crippen molar-refractivity contribution in [2.45, 2.75) is 25.3 Å². The molecule has 1 aromatic rings. The molecular formula is C12H10F3NO4. The van der Waals surface area contributed by atoms with Gasteiger partial charge < -0.3 is 14.9 Å². The van der Waals surface area contributed by atoms with Crippen molar-refractivity contribution in [2.75, 3.05) is 0 Å². The van der Waals surface area contributed by atoms with E-state index in [1.165, 1.54) is 12.1 Å². The number of nitriles is 1. The molecule has 1 unspecified atom stereocenters. The van der Waals surface area contributed by atoms with Gasteiger partial charge in [0.15, 0.2) is 6.10 Å². The van der Waals surface area contributed by atoms with Crippen LogP contribution in [0.1, 0.15) is 23.7 Å². The fourth-order valence-corrected chi connectivity index (χ4v) is 1.50. The van der Waals surface area contributed by atoms with Gasteiger partial charge in [-0.1, -0.05) is 12.1 Å². The summed E-state index contributed by atoms with van der Waals surface area (Å²) in [6.45, 7) is 0. The van der Waals surface area contributed by atoms with Crippen LogP contribution in [0.25, 0.3) is 0 Å². The molecule has 20 heavy (non-hydrogen) atoms. The Morgan fingerprint density at radius 3 is 2.60 bits per heavy atom. The van der Waals surface area contributed by atoms with E-state index in [0.29, 0.717) is 0 Å². The zero-order chi connectivity index (χ0) is 15.3. The minimum atomic E-state index is -4.95. The number of aliphatic hydroxyl groups excluding tert-OH is 1. The average molecular weight is 289 g/mol. The molecule has 0 aliphatic carbocycles. The normalized spacial score (nSPS) is 12.6. The zero-order valence-electron chi connectivity index (χ0n) is 10.0. The first-order chi connectivity index (χ1) is 9.24. The number of benzene rings is 1. The molecule has 0 heterocycles. The summed E-state index contributed by atoms with van der Waals surface area (Å²) in [4.78, 5) is 10.6. The van der Waals surface area contributed by atoms with Crippen LogP contribution < -0.4 is 4.74 Å². The van der Waals surface area contributed by atoms with Crippen LogP contribution in [0.5, 0.6) is 5.75 Å². The predicted octanol–water partition coefficient (Wildman–Crippen LogP) is 2.16. The molecule has 0 spiro atoms. The highest BCUT2D eigenvalue weighted by atomic mass is 19.4. The van der Waals surface area contributed by atoms with Crippen LogP contribution in [0.3, 0.4) is 0 Å². The van der Waals surface area contributed by atoms with Gasteiger partial charge in [0.05, 0.1) is 6.07 Å². The Morgan fingerprint density at radius 1 is 1.45 bits per heavy atom. The monoisotopic (exact) mass is 289 g/mol. The van der Waals surface area contributed by atoms with Gasteiger partial charge in [-0.15, -0.1) is 13.2 Å². The van der Waals surface area contributed by atoms with Gasteiger partial charge in [-0.2, -0.15) is 5.26 Å². The smallest absolute Gasteiger partial charge is 0.479 e. The number of carbonyl (C=O) groups is 1.